The Bertz CT molecular complexity index is 567. The Labute approximate surface area is 121 Å². The molecule has 0 aliphatic rings. The lowest BCUT2D eigenvalue weighted by Gasteiger charge is -2.14. The lowest BCUT2D eigenvalue weighted by Crippen LogP contribution is -2.25. The second-order valence-electron chi connectivity index (χ2n) is 4.30. The zero-order valence-corrected chi connectivity index (χ0v) is 11.9. The highest BCUT2D eigenvalue weighted by Gasteiger charge is 2.14. The normalized spacial score (nSPS) is 10.9. The molecule has 3 nitrogen and oxygen atoms in total. The van der Waals surface area contributed by atoms with Gasteiger partial charge in [-0.2, -0.15) is 0 Å². The van der Waals surface area contributed by atoms with E-state index in [1.807, 2.05) is 24.1 Å². The molecule has 2 aromatic rings. The predicted octanol–water partition coefficient (Wildman–Crippen LogP) is 3.90. The highest BCUT2D eigenvalue weighted by atomic mass is 35.5. The molecule has 100 valence electrons. The van der Waals surface area contributed by atoms with Gasteiger partial charge in [-0.25, -0.2) is 0 Å². The van der Waals surface area contributed by atoms with Crippen LogP contribution in [0.1, 0.15) is 16.1 Å². The molecule has 0 saturated heterocycles. The summed E-state index contributed by atoms with van der Waals surface area (Å²) in [5.41, 5.74) is 0.484. The van der Waals surface area contributed by atoms with Crippen LogP contribution in [0.2, 0.25) is 10.0 Å². The number of furan rings is 1. The first-order valence-electron chi connectivity index (χ1n) is 5.75. The van der Waals surface area contributed by atoms with Crippen molar-refractivity contribution in [3.05, 3.63) is 58.0 Å². The van der Waals surface area contributed by atoms with Gasteiger partial charge in [-0.15, -0.1) is 0 Å². The van der Waals surface area contributed by atoms with Crippen molar-refractivity contribution in [3.63, 3.8) is 0 Å². The van der Waals surface area contributed by atoms with Crippen LogP contribution in [-0.4, -0.2) is 24.3 Å². The summed E-state index contributed by atoms with van der Waals surface area (Å²) in [4.78, 5) is 14.0. The van der Waals surface area contributed by atoms with E-state index in [0.717, 1.165) is 5.76 Å². The fourth-order valence-corrected chi connectivity index (χ4v) is 2.28. The van der Waals surface area contributed by atoms with Crippen LogP contribution < -0.4 is 0 Å². The topological polar surface area (TPSA) is 33.5 Å². The summed E-state index contributed by atoms with van der Waals surface area (Å²) in [6.07, 6.45) is 1.61. The lowest BCUT2D eigenvalue weighted by atomic mass is 10.1. The van der Waals surface area contributed by atoms with Gasteiger partial charge >= 0.3 is 0 Å². The maximum Gasteiger partial charge on any atom is 0.178 e. The Morgan fingerprint density at radius 3 is 2.74 bits per heavy atom. The molecule has 19 heavy (non-hydrogen) atoms. The number of carbonyl (C=O) groups is 1. The van der Waals surface area contributed by atoms with E-state index in [1.165, 1.54) is 0 Å². The van der Waals surface area contributed by atoms with Crippen LogP contribution >= 0.6 is 23.2 Å². The first-order valence-corrected chi connectivity index (χ1v) is 6.51. The Morgan fingerprint density at radius 2 is 2.11 bits per heavy atom. The van der Waals surface area contributed by atoms with Gasteiger partial charge in [0.15, 0.2) is 5.78 Å². The molecule has 0 N–H and O–H groups in total. The van der Waals surface area contributed by atoms with E-state index in [2.05, 4.69) is 0 Å². The molecular formula is C14H13Cl2NO2. The molecule has 2 rings (SSSR count). The van der Waals surface area contributed by atoms with Gasteiger partial charge in [-0.3, -0.25) is 9.69 Å². The van der Waals surface area contributed by atoms with E-state index in [0.29, 0.717) is 22.2 Å². The predicted molar refractivity (Wildman–Crippen MR) is 75.8 cm³/mol. The molecule has 0 aliphatic heterocycles. The van der Waals surface area contributed by atoms with Crippen LogP contribution in [0, 0.1) is 0 Å². The van der Waals surface area contributed by atoms with E-state index in [9.17, 15) is 4.79 Å². The Morgan fingerprint density at radius 1 is 1.32 bits per heavy atom. The lowest BCUT2D eigenvalue weighted by molar-refractivity contribution is 0.0940. The van der Waals surface area contributed by atoms with Crippen molar-refractivity contribution in [1.29, 1.82) is 0 Å². The molecule has 0 amide bonds. The van der Waals surface area contributed by atoms with Gasteiger partial charge in [0.05, 0.1) is 24.4 Å². The maximum atomic E-state index is 12.1. The van der Waals surface area contributed by atoms with E-state index in [4.69, 9.17) is 27.6 Å². The quantitative estimate of drug-likeness (QED) is 0.785. The minimum absolute atomic E-state index is 0.0456. The van der Waals surface area contributed by atoms with Gasteiger partial charge in [0.2, 0.25) is 0 Å². The molecule has 0 unspecified atom stereocenters. The molecule has 1 heterocycles. The Balaban J connectivity index is 2.00. The second kappa shape index (κ2) is 6.24. The van der Waals surface area contributed by atoms with Crippen LogP contribution in [0.5, 0.6) is 0 Å². The molecule has 0 spiro atoms. The monoisotopic (exact) mass is 297 g/mol. The van der Waals surface area contributed by atoms with Gasteiger partial charge in [-0.1, -0.05) is 23.2 Å². The van der Waals surface area contributed by atoms with Crippen LogP contribution in [0.4, 0.5) is 0 Å². The highest BCUT2D eigenvalue weighted by molar-refractivity contribution is 6.36. The number of hydrogen-bond donors (Lipinski definition) is 0. The summed E-state index contributed by atoms with van der Waals surface area (Å²) in [6.45, 7) is 0.839. The molecule has 1 aromatic heterocycles. The SMILES string of the molecule is CN(CC(=O)c1ccc(Cl)cc1Cl)Cc1ccco1. The molecule has 0 saturated carbocycles. The average molecular weight is 298 g/mol. The summed E-state index contributed by atoms with van der Waals surface area (Å²) >= 11 is 11.8. The molecule has 0 aliphatic carbocycles. The molecule has 1 aromatic carbocycles. The van der Waals surface area contributed by atoms with Crippen LogP contribution in [0.3, 0.4) is 0 Å². The molecular weight excluding hydrogens is 285 g/mol. The minimum atomic E-state index is -0.0456. The van der Waals surface area contributed by atoms with E-state index in [-0.39, 0.29) is 12.3 Å². The van der Waals surface area contributed by atoms with Crippen molar-refractivity contribution >= 4 is 29.0 Å². The Kier molecular flexibility index (Phi) is 4.64. The fraction of sp³-hybridized carbons (Fsp3) is 0.214. The van der Waals surface area contributed by atoms with Crippen molar-refractivity contribution in [3.8, 4) is 0 Å². The summed E-state index contributed by atoms with van der Waals surface area (Å²) < 4.78 is 5.23. The van der Waals surface area contributed by atoms with Gasteiger partial charge < -0.3 is 4.42 Å². The smallest absolute Gasteiger partial charge is 0.178 e. The van der Waals surface area contributed by atoms with E-state index in [1.54, 1.807) is 24.5 Å². The van der Waals surface area contributed by atoms with Crippen LogP contribution in [-0.2, 0) is 6.54 Å². The number of halogens is 2. The van der Waals surface area contributed by atoms with E-state index >= 15 is 0 Å². The largest absolute Gasteiger partial charge is 0.468 e. The highest BCUT2D eigenvalue weighted by Crippen LogP contribution is 2.21. The second-order valence-corrected chi connectivity index (χ2v) is 5.14. The van der Waals surface area contributed by atoms with Gasteiger partial charge in [-0.05, 0) is 37.4 Å². The minimum Gasteiger partial charge on any atom is -0.468 e. The number of ketones is 1. The fourth-order valence-electron chi connectivity index (χ4n) is 1.77. The standard InChI is InChI=1S/C14H13Cl2NO2/c1-17(8-11-3-2-6-19-11)9-14(18)12-5-4-10(15)7-13(12)16/h2-7H,8-9H2,1H3. The number of nitrogens with zero attached hydrogens (tertiary/aromatic N) is 1. The van der Waals surface area contributed by atoms with Gasteiger partial charge in [0, 0.05) is 10.6 Å². The Hall–Kier alpha value is -1.29. The molecule has 0 radical (unpaired) electrons. The molecule has 0 fully saturated rings. The third kappa shape index (κ3) is 3.83. The summed E-state index contributed by atoms with van der Waals surface area (Å²) in [5.74, 6) is 0.772. The van der Waals surface area contributed by atoms with Crippen LogP contribution in [0.15, 0.2) is 41.0 Å². The van der Waals surface area contributed by atoms with Crippen molar-refractivity contribution in [1.82, 2.24) is 4.90 Å². The first-order chi connectivity index (χ1) is 9.06. The molecule has 0 atom stereocenters. The average Bonchev–Trinajstić information content (AvgIpc) is 2.81. The van der Waals surface area contributed by atoms with Crippen molar-refractivity contribution in [2.75, 3.05) is 13.6 Å². The number of Topliss-reactive ketones (excluding diaryl/α,β-unsaturated/α-hetero) is 1. The zero-order chi connectivity index (χ0) is 13.8. The summed E-state index contributed by atoms with van der Waals surface area (Å²) in [7, 11) is 1.85. The first kappa shape index (κ1) is 14.1. The van der Waals surface area contributed by atoms with E-state index < -0.39 is 0 Å². The van der Waals surface area contributed by atoms with Crippen molar-refractivity contribution in [2.45, 2.75) is 6.54 Å². The number of carbonyl (C=O) groups excluding carboxylic acids is 1. The molecule has 0 bridgehead atoms. The summed E-state index contributed by atoms with van der Waals surface area (Å²) in [5, 5.41) is 0.898. The number of hydrogen-bond acceptors (Lipinski definition) is 3. The van der Waals surface area contributed by atoms with Gasteiger partial charge in [0.25, 0.3) is 0 Å². The number of likely N-dealkylation sites (N-methyl/N-ethyl adjacent to an activating group) is 1. The summed E-state index contributed by atoms with van der Waals surface area (Å²) in [6, 6.07) is 8.57. The zero-order valence-electron chi connectivity index (χ0n) is 10.4. The third-order valence-corrected chi connectivity index (χ3v) is 3.20. The van der Waals surface area contributed by atoms with Crippen LogP contribution in [0.25, 0.3) is 0 Å². The van der Waals surface area contributed by atoms with Gasteiger partial charge in [0.1, 0.15) is 5.76 Å². The number of benzene rings is 1. The van der Waals surface area contributed by atoms with Crippen molar-refractivity contribution in [2.24, 2.45) is 0 Å². The molecule has 5 heteroatoms. The third-order valence-electron chi connectivity index (χ3n) is 2.65. The van der Waals surface area contributed by atoms with Crippen molar-refractivity contribution < 1.29 is 9.21 Å². The maximum absolute atomic E-state index is 12.1. The number of rotatable bonds is 5.